The van der Waals surface area contributed by atoms with Crippen LogP contribution in [0.25, 0.3) is 0 Å². The zero-order valence-electron chi connectivity index (χ0n) is 10.5. The molecule has 0 bridgehead atoms. The molecular formula is C14H18BrNO2. The van der Waals surface area contributed by atoms with E-state index >= 15 is 0 Å². The standard InChI is InChI=1S/C14H18BrNO2/c1-10-12(3-2-4-13(10)15)14(18)16-7-5-11(9-17)6-8-16/h2-4,11,17H,5-9H2,1H3. The maximum atomic E-state index is 12.4. The Hall–Kier alpha value is -0.870. The second-order valence-corrected chi connectivity index (χ2v) is 5.68. The van der Waals surface area contributed by atoms with Gasteiger partial charge in [-0.05, 0) is 43.4 Å². The fourth-order valence-electron chi connectivity index (χ4n) is 2.33. The molecule has 3 nitrogen and oxygen atoms in total. The van der Waals surface area contributed by atoms with E-state index in [2.05, 4.69) is 15.9 Å². The van der Waals surface area contributed by atoms with Gasteiger partial charge in [-0.3, -0.25) is 4.79 Å². The molecule has 0 saturated carbocycles. The minimum atomic E-state index is 0.102. The topological polar surface area (TPSA) is 40.5 Å². The van der Waals surface area contributed by atoms with Crippen LogP contribution < -0.4 is 0 Å². The molecule has 0 aromatic heterocycles. The molecule has 0 unspecified atom stereocenters. The number of aliphatic hydroxyl groups is 1. The zero-order chi connectivity index (χ0) is 13.1. The van der Waals surface area contributed by atoms with Crippen LogP contribution in [0.1, 0.15) is 28.8 Å². The third-order valence-electron chi connectivity index (χ3n) is 3.66. The van der Waals surface area contributed by atoms with Crippen molar-refractivity contribution in [1.29, 1.82) is 0 Å². The van der Waals surface area contributed by atoms with E-state index in [1.54, 1.807) is 0 Å². The van der Waals surface area contributed by atoms with Crippen LogP contribution in [0.3, 0.4) is 0 Å². The van der Waals surface area contributed by atoms with Crippen LogP contribution >= 0.6 is 15.9 Å². The Morgan fingerprint density at radius 2 is 2.11 bits per heavy atom. The lowest BCUT2D eigenvalue weighted by atomic mass is 9.97. The number of carbonyl (C=O) groups excluding carboxylic acids is 1. The highest BCUT2D eigenvalue weighted by molar-refractivity contribution is 9.10. The number of benzene rings is 1. The van der Waals surface area contributed by atoms with Gasteiger partial charge in [-0.25, -0.2) is 0 Å². The average molecular weight is 312 g/mol. The van der Waals surface area contributed by atoms with Gasteiger partial charge < -0.3 is 10.0 Å². The maximum Gasteiger partial charge on any atom is 0.254 e. The average Bonchev–Trinajstić information content (AvgIpc) is 2.41. The number of hydrogen-bond acceptors (Lipinski definition) is 2. The fourth-order valence-corrected chi connectivity index (χ4v) is 2.69. The van der Waals surface area contributed by atoms with Crippen LogP contribution in [0, 0.1) is 12.8 Å². The summed E-state index contributed by atoms with van der Waals surface area (Å²) in [5, 5.41) is 9.10. The molecular weight excluding hydrogens is 294 g/mol. The molecule has 1 aromatic carbocycles. The number of amides is 1. The Kier molecular flexibility index (Phi) is 4.40. The van der Waals surface area contributed by atoms with E-state index in [-0.39, 0.29) is 12.5 Å². The number of nitrogens with zero attached hydrogens (tertiary/aromatic N) is 1. The molecule has 0 spiro atoms. The highest BCUT2D eigenvalue weighted by atomic mass is 79.9. The van der Waals surface area contributed by atoms with E-state index in [0.29, 0.717) is 5.92 Å². The summed E-state index contributed by atoms with van der Waals surface area (Å²) in [6.07, 6.45) is 1.80. The van der Waals surface area contributed by atoms with E-state index < -0.39 is 0 Å². The molecule has 1 fully saturated rings. The molecule has 98 valence electrons. The van der Waals surface area contributed by atoms with Crippen molar-refractivity contribution in [2.24, 2.45) is 5.92 Å². The predicted molar refractivity (Wildman–Crippen MR) is 74.6 cm³/mol. The van der Waals surface area contributed by atoms with Crippen molar-refractivity contribution in [3.05, 3.63) is 33.8 Å². The molecule has 1 aromatic rings. The SMILES string of the molecule is Cc1c(Br)cccc1C(=O)N1CCC(CO)CC1. The largest absolute Gasteiger partial charge is 0.396 e. The first kappa shape index (κ1) is 13.6. The van der Waals surface area contributed by atoms with E-state index in [1.165, 1.54) is 0 Å². The summed E-state index contributed by atoms with van der Waals surface area (Å²) in [7, 11) is 0. The van der Waals surface area contributed by atoms with Gasteiger partial charge in [-0.15, -0.1) is 0 Å². The number of hydrogen-bond donors (Lipinski definition) is 1. The number of likely N-dealkylation sites (tertiary alicyclic amines) is 1. The van der Waals surface area contributed by atoms with Crippen molar-refractivity contribution in [2.75, 3.05) is 19.7 Å². The molecule has 4 heteroatoms. The Labute approximate surface area is 116 Å². The third-order valence-corrected chi connectivity index (χ3v) is 4.52. The van der Waals surface area contributed by atoms with Gasteiger partial charge in [0.25, 0.3) is 5.91 Å². The monoisotopic (exact) mass is 311 g/mol. The normalized spacial score (nSPS) is 16.9. The lowest BCUT2D eigenvalue weighted by Gasteiger charge is -2.31. The van der Waals surface area contributed by atoms with Crippen molar-refractivity contribution in [2.45, 2.75) is 19.8 Å². The summed E-state index contributed by atoms with van der Waals surface area (Å²) < 4.78 is 0.971. The fraction of sp³-hybridized carbons (Fsp3) is 0.500. The van der Waals surface area contributed by atoms with Gasteiger partial charge in [-0.1, -0.05) is 22.0 Å². The van der Waals surface area contributed by atoms with E-state index in [1.807, 2.05) is 30.0 Å². The van der Waals surface area contributed by atoms with Crippen LogP contribution in [0.2, 0.25) is 0 Å². The molecule has 1 amide bonds. The van der Waals surface area contributed by atoms with Crippen LogP contribution in [-0.4, -0.2) is 35.6 Å². The van der Waals surface area contributed by atoms with Gasteiger partial charge in [0, 0.05) is 29.7 Å². The molecule has 1 saturated heterocycles. The molecule has 1 aliphatic rings. The van der Waals surface area contributed by atoms with Gasteiger partial charge in [0.05, 0.1) is 0 Å². The maximum absolute atomic E-state index is 12.4. The Balaban J connectivity index is 2.10. The van der Waals surface area contributed by atoms with Crippen LogP contribution in [0.5, 0.6) is 0 Å². The van der Waals surface area contributed by atoms with Crippen LogP contribution in [-0.2, 0) is 0 Å². The number of halogens is 1. The number of piperidine rings is 1. The molecule has 1 aliphatic heterocycles. The molecule has 0 radical (unpaired) electrons. The first-order valence-electron chi connectivity index (χ1n) is 6.28. The minimum Gasteiger partial charge on any atom is -0.396 e. The van der Waals surface area contributed by atoms with Crippen molar-refractivity contribution in [3.8, 4) is 0 Å². The highest BCUT2D eigenvalue weighted by Gasteiger charge is 2.24. The Morgan fingerprint density at radius 1 is 1.44 bits per heavy atom. The molecule has 2 rings (SSSR count). The minimum absolute atomic E-state index is 0.102. The number of rotatable bonds is 2. The smallest absolute Gasteiger partial charge is 0.254 e. The summed E-state index contributed by atoms with van der Waals surface area (Å²) in [6.45, 7) is 3.68. The van der Waals surface area contributed by atoms with Crippen LogP contribution in [0.15, 0.2) is 22.7 Å². The van der Waals surface area contributed by atoms with E-state index in [0.717, 1.165) is 41.5 Å². The molecule has 1 heterocycles. The zero-order valence-corrected chi connectivity index (χ0v) is 12.1. The highest BCUT2D eigenvalue weighted by Crippen LogP contribution is 2.23. The van der Waals surface area contributed by atoms with Crippen molar-refractivity contribution >= 4 is 21.8 Å². The van der Waals surface area contributed by atoms with Crippen molar-refractivity contribution < 1.29 is 9.90 Å². The first-order chi connectivity index (χ1) is 8.63. The summed E-state index contributed by atoms with van der Waals surface area (Å²) in [5.41, 5.74) is 1.76. The van der Waals surface area contributed by atoms with Gasteiger partial charge in [-0.2, -0.15) is 0 Å². The van der Waals surface area contributed by atoms with Gasteiger partial charge >= 0.3 is 0 Å². The molecule has 18 heavy (non-hydrogen) atoms. The predicted octanol–water partition coefficient (Wildman–Crippen LogP) is 2.60. The number of carbonyl (C=O) groups is 1. The lowest BCUT2D eigenvalue weighted by Crippen LogP contribution is -2.39. The van der Waals surface area contributed by atoms with Gasteiger partial charge in [0.2, 0.25) is 0 Å². The van der Waals surface area contributed by atoms with Crippen molar-refractivity contribution in [3.63, 3.8) is 0 Å². The van der Waals surface area contributed by atoms with E-state index in [4.69, 9.17) is 5.11 Å². The molecule has 0 atom stereocenters. The lowest BCUT2D eigenvalue weighted by molar-refractivity contribution is 0.0650. The van der Waals surface area contributed by atoms with Gasteiger partial charge in [0.15, 0.2) is 0 Å². The summed E-state index contributed by atoms with van der Waals surface area (Å²) in [4.78, 5) is 14.3. The quantitative estimate of drug-likeness (QED) is 0.912. The number of aliphatic hydroxyl groups excluding tert-OH is 1. The first-order valence-corrected chi connectivity index (χ1v) is 7.08. The summed E-state index contributed by atoms with van der Waals surface area (Å²) in [5.74, 6) is 0.461. The molecule has 1 N–H and O–H groups in total. The Bertz CT molecular complexity index is 439. The molecule has 0 aliphatic carbocycles. The van der Waals surface area contributed by atoms with Crippen molar-refractivity contribution in [1.82, 2.24) is 4.90 Å². The second-order valence-electron chi connectivity index (χ2n) is 4.83. The van der Waals surface area contributed by atoms with Crippen LogP contribution in [0.4, 0.5) is 0 Å². The van der Waals surface area contributed by atoms with Gasteiger partial charge in [0.1, 0.15) is 0 Å². The third kappa shape index (κ3) is 2.75. The Morgan fingerprint density at radius 3 is 2.72 bits per heavy atom. The van der Waals surface area contributed by atoms with E-state index in [9.17, 15) is 4.79 Å². The summed E-state index contributed by atoms with van der Waals surface area (Å²) >= 11 is 3.46. The second kappa shape index (κ2) is 5.85. The summed E-state index contributed by atoms with van der Waals surface area (Å²) in [6, 6.07) is 5.72.